The Kier molecular flexibility index (Phi) is 3.14. The number of ether oxygens (including phenoxy) is 2. The van der Waals surface area contributed by atoms with Gasteiger partial charge in [-0.3, -0.25) is 0 Å². The summed E-state index contributed by atoms with van der Waals surface area (Å²) < 4.78 is 11.1. The molecule has 1 aliphatic rings. The lowest BCUT2D eigenvalue weighted by Crippen LogP contribution is -2.22. The molecule has 0 amide bonds. The minimum absolute atomic E-state index is 0.0899. The van der Waals surface area contributed by atoms with Crippen molar-refractivity contribution in [3.05, 3.63) is 23.8 Å². The zero-order chi connectivity index (χ0) is 11.4. The Morgan fingerprint density at radius 1 is 1.19 bits per heavy atom. The Hall–Kier alpha value is -1.91. The number of fused-ring (bicyclic) bond motifs is 1. The summed E-state index contributed by atoms with van der Waals surface area (Å²) in [5.74, 6) is 1.64. The SMILES string of the molecule is NC(N)=NCc1ccc2c(c1)OCCCO2. The molecule has 0 saturated heterocycles. The van der Waals surface area contributed by atoms with Crippen LogP contribution in [-0.2, 0) is 6.54 Å². The van der Waals surface area contributed by atoms with Crippen molar-refractivity contribution in [2.75, 3.05) is 13.2 Å². The molecule has 0 spiro atoms. The van der Waals surface area contributed by atoms with E-state index in [9.17, 15) is 0 Å². The molecule has 5 heteroatoms. The second kappa shape index (κ2) is 4.74. The molecule has 0 radical (unpaired) electrons. The highest BCUT2D eigenvalue weighted by Crippen LogP contribution is 2.30. The first kappa shape index (κ1) is 10.6. The fourth-order valence-electron chi connectivity index (χ4n) is 1.49. The zero-order valence-corrected chi connectivity index (χ0v) is 8.98. The third-order valence-electron chi connectivity index (χ3n) is 2.26. The molecule has 0 atom stereocenters. The van der Waals surface area contributed by atoms with Crippen LogP contribution in [0, 0.1) is 0 Å². The Morgan fingerprint density at radius 3 is 2.69 bits per heavy atom. The van der Waals surface area contributed by atoms with Gasteiger partial charge >= 0.3 is 0 Å². The van der Waals surface area contributed by atoms with E-state index >= 15 is 0 Å². The third kappa shape index (κ3) is 2.56. The predicted octanol–water partition coefficient (Wildman–Crippen LogP) is 0.621. The van der Waals surface area contributed by atoms with Gasteiger partial charge in [0.1, 0.15) is 0 Å². The lowest BCUT2D eigenvalue weighted by Gasteiger charge is -2.08. The number of aliphatic imine (C=N–C) groups is 1. The van der Waals surface area contributed by atoms with Crippen LogP contribution in [0.4, 0.5) is 0 Å². The average Bonchev–Trinajstić information content (AvgIpc) is 2.50. The van der Waals surface area contributed by atoms with Crippen LogP contribution >= 0.6 is 0 Å². The number of guanidine groups is 1. The summed E-state index contributed by atoms with van der Waals surface area (Å²) in [4.78, 5) is 3.94. The first-order valence-corrected chi connectivity index (χ1v) is 5.19. The molecular formula is C11H15N3O2. The van der Waals surface area contributed by atoms with E-state index in [1.165, 1.54) is 0 Å². The van der Waals surface area contributed by atoms with Gasteiger partial charge in [-0.15, -0.1) is 0 Å². The van der Waals surface area contributed by atoms with Crippen LogP contribution in [0.25, 0.3) is 0 Å². The van der Waals surface area contributed by atoms with Crippen LogP contribution in [-0.4, -0.2) is 19.2 Å². The van der Waals surface area contributed by atoms with Crippen molar-refractivity contribution in [3.63, 3.8) is 0 Å². The summed E-state index contributed by atoms with van der Waals surface area (Å²) in [5.41, 5.74) is 11.5. The van der Waals surface area contributed by atoms with Crippen molar-refractivity contribution in [3.8, 4) is 11.5 Å². The molecule has 0 saturated carbocycles. The molecule has 86 valence electrons. The van der Waals surface area contributed by atoms with Gasteiger partial charge in [0.15, 0.2) is 17.5 Å². The molecule has 1 aliphatic heterocycles. The minimum Gasteiger partial charge on any atom is -0.490 e. The van der Waals surface area contributed by atoms with E-state index < -0.39 is 0 Å². The van der Waals surface area contributed by atoms with E-state index in [1.807, 2.05) is 18.2 Å². The third-order valence-corrected chi connectivity index (χ3v) is 2.26. The summed E-state index contributed by atoms with van der Waals surface area (Å²) in [6.07, 6.45) is 0.901. The molecule has 1 aromatic rings. The Labute approximate surface area is 94.1 Å². The second-order valence-electron chi connectivity index (χ2n) is 3.57. The summed E-state index contributed by atoms with van der Waals surface area (Å²) >= 11 is 0. The maximum atomic E-state index is 5.56. The quantitative estimate of drug-likeness (QED) is 0.566. The maximum Gasteiger partial charge on any atom is 0.186 e. The average molecular weight is 221 g/mol. The van der Waals surface area contributed by atoms with E-state index in [1.54, 1.807) is 0 Å². The lowest BCUT2D eigenvalue weighted by molar-refractivity contribution is 0.297. The van der Waals surface area contributed by atoms with Gasteiger partial charge in [-0.1, -0.05) is 6.07 Å². The monoisotopic (exact) mass is 221 g/mol. The standard InChI is InChI=1S/C11H15N3O2/c12-11(13)14-7-8-2-3-9-10(6-8)16-5-1-4-15-9/h2-3,6H,1,4-5,7H2,(H4,12,13,14). The highest BCUT2D eigenvalue weighted by atomic mass is 16.5. The van der Waals surface area contributed by atoms with Crippen molar-refractivity contribution >= 4 is 5.96 Å². The first-order valence-electron chi connectivity index (χ1n) is 5.19. The molecule has 0 bridgehead atoms. The molecule has 1 heterocycles. The van der Waals surface area contributed by atoms with E-state index in [-0.39, 0.29) is 5.96 Å². The Balaban J connectivity index is 2.17. The van der Waals surface area contributed by atoms with Crippen LogP contribution in [0.15, 0.2) is 23.2 Å². The first-order chi connectivity index (χ1) is 7.75. The molecule has 5 nitrogen and oxygen atoms in total. The van der Waals surface area contributed by atoms with Gasteiger partial charge in [-0.05, 0) is 17.7 Å². The van der Waals surface area contributed by atoms with Gasteiger partial charge in [-0.25, -0.2) is 4.99 Å². The summed E-state index contributed by atoms with van der Waals surface area (Å²) in [6, 6.07) is 5.73. The maximum absolute atomic E-state index is 5.56. The van der Waals surface area contributed by atoms with E-state index in [0.29, 0.717) is 19.8 Å². The Morgan fingerprint density at radius 2 is 1.94 bits per heavy atom. The summed E-state index contributed by atoms with van der Waals surface area (Å²) in [5, 5.41) is 0. The summed E-state index contributed by atoms with van der Waals surface area (Å²) in [7, 11) is 0. The molecule has 0 unspecified atom stereocenters. The number of hydrogen-bond acceptors (Lipinski definition) is 3. The second-order valence-corrected chi connectivity index (χ2v) is 3.57. The van der Waals surface area contributed by atoms with Crippen LogP contribution in [0.1, 0.15) is 12.0 Å². The van der Waals surface area contributed by atoms with Gasteiger partial charge in [0.25, 0.3) is 0 Å². The van der Waals surface area contributed by atoms with Gasteiger partial charge < -0.3 is 20.9 Å². The van der Waals surface area contributed by atoms with Gasteiger partial charge in [0, 0.05) is 6.42 Å². The molecule has 4 N–H and O–H groups in total. The van der Waals surface area contributed by atoms with Crippen molar-refractivity contribution in [1.82, 2.24) is 0 Å². The van der Waals surface area contributed by atoms with Crippen LogP contribution in [0.3, 0.4) is 0 Å². The number of nitrogens with zero attached hydrogens (tertiary/aromatic N) is 1. The van der Waals surface area contributed by atoms with Crippen molar-refractivity contribution in [2.45, 2.75) is 13.0 Å². The van der Waals surface area contributed by atoms with Crippen LogP contribution in [0.2, 0.25) is 0 Å². The Bertz CT molecular complexity index is 400. The van der Waals surface area contributed by atoms with E-state index in [4.69, 9.17) is 20.9 Å². The normalized spacial score (nSPS) is 14.0. The highest BCUT2D eigenvalue weighted by molar-refractivity contribution is 5.75. The van der Waals surface area contributed by atoms with Crippen molar-refractivity contribution < 1.29 is 9.47 Å². The molecular weight excluding hydrogens is 206 g/mol. The van der Waals surface area contributed by atoms with Crippen LogP contribution in [0.5, 0.6) is 11.5 Å². The van der Waals surface area contributed by atoms with Gasteiger partial charge in [0.2, 0.25) is 0 Å². The number of hydrogen-bond donors (Lipinski definition) is 2. The van der Waals surface area contributed by atoms with Crippen LogP contribution < -0.4 is 20.9 Å². The van der Waals surface area contributed by atoms with Crippen molar-refractivity contribution in [2.24, 2.45) is 16.5 Å². The lowest BCUT2D eigenvalue weighted by atomic mass is 10.2. The largest absolute Gasteiger partial charge is 0.490 e. The molecule has 2 rings (SSSR count). The topological polar surface area (TPSA) is 82.9 Å². The summed E-state index contributed by atoms with van der Waals surface area (Å²) in [6.45, 7) is 1.83. The molecule has 0 aromatic heterocycles. The molecule has 1 aromatic carbocycles. The number of benzene rings is 1. The minimum atomic E-state index is 0.0899. The van der Waals surface area contributed by atoms with E-state index in [2.05, 4.69) is 4.99 Å². The fourth-order valence-corrected chi connectivity index (χ4v) is 1.49. The van der Waals surface area contributed by atoms with E-state index in [0.717, 1.165) is 23.5 Å². The van der Waals surface area contributed by atoms with Gasteiger partial charge in [-0.2, -0.15) is 0 Å². The molecule has 16 heavy (non-hydrogen) atoms. The number of rotatable bonds is 2. The predicted molar refractivity (Wildman–Crippen MR) is 61.6 cm³/mol. The fraction of sp³-hybridized carbons (Fsp3) is 0.364. The van der Waals surface area contributed by atoms with Crippen molar-refractivity contribution in [1.29, 1.82) is 0 Å². The number of nitrogens with two attached hydrogens (primary N) is 2. The molecule has 0 aliphatic carbocycles. The zero-order valence-electron chi connectivity index (χ0n) is 8.98. The highest BCUT2D eigenvalue weighted by Gasteiger charge is 2.10. The van der Waals surface area contributed by atoms with Gasteiger partial charge in [0.05, 0.1) is 19.8 Å². The smallest absolute Gasteiger partial charge is 0.186 e. The molecule has 0 fully saturated rings.